The van der Waals surface area contributed by atoms with Gasteiger partial charge in [-0.2, -0.15) is 0 Å². The van der Waals surface area contributed by atoms with Gasteiger partial charge in [0.15, 0.2) is 0 Å². The molecule has 1 amide bonds. The van der Waals surface area contributed by atoms with Gasteiger partial charge in [0.2, 0.25) is 5.91 Å². The lowest BCUT2D eigenvalue weighted by Crippen LogP contribution is -2.23. The van der Waals surface area contributed by atoms with E-state index in [4.69, 9.17) is 4.74 Å². The van der Waals surface area contributed by atoms with Crippen molar-refractivity contribution in [3.63, 3.8) is 0 Å². The topological polar surface area (TPSA) is 38.3 Å². The normalized spacial score (nSPS) is 10.8. The Morgan fingerprint density at radius 1 is 1.12 bits per heavy atom. The predicted octanol–water partition coefficient (Wildman–Crippen LogP) is 3.14. The third-order valence-corrected chi connectivity index (χ3v) is 2.68. The van der Waals surface area contributed by atoms with Crippen molar-refractivity contribution in [2.75, 3.05) is 19.8 Å². The molecule has 0 aliphatic rings. The molecule has 17 heavy (non-hydrogen) atoms. The number of hydrogen-bond acceptors (Lipinski definition) is 2. The summed E-state index contributed by atoms with van der Waals surface area (Å²) in [5, 5.41) is 2.86. The van der Waals surface area contributed by atoms with Crippen molar-refractivity contribution in [2.45, 2.75) is 59.3 Å². The number of ether oxygens (including phenoxy) is 1. The fraction of sp³-hybridized carbons (Fsp3) is 0.929. The van der Waals surface area contributed by atoms with Crippen molar-refractivity contribution in [1.82, 2.24) is 5.32 Å². The van der Waals surface area contributed by atoms with Crippen LogP contribution in [0.15, 0.2) is 0 Å². The van der Waals surface area contributed by atoms with E-state index in [-0.39, 0.29) is 5.91 Å². The largest absolute Gasteiger partial charge is 0.381 e. The van der Waals surface area contributed by atoms with E-state index >= 15 is 0 Å². The smallest absolute Gasteiger partial charge is 0.219 e. The lowest BCUT2D eigenvalue weighted by atomic mass is 10.1. The zero-order valence-electron chi connectivity index (χ0n) is 11.8. The lowest BCUT2D eigenvalue weighted by Gasteiger charge is -2.06. The second-order valence-electron chi connectivity index (χ2n) is 4.91. The van der Waals surface area contributed by atoms with E-state index in [0.717, 1.165) is 38.5 Å². The quantitative estimate of drug-likeness (QED) is 0.566. The zero-order valence-corrected chi connectivity index (χ0v) is 11.8. The molecule has 0 aromatic heterocycles. The van der Waals surface area contributed by atoms with Gasteiger partial charge in [0.05, 0.1) is 0 Å². The van der Waals surface area contributed by atoms with Crippen LogP contribution in [0.4, 0.5) is 0 Å². The second kappa shape index (κ2) is 11.9. The van der Waals surface area contributed by atoms with Gasteiger partial charge in [0, 0.05) is 26.2 Å². The van der Waals surface area contributed by atoms with Crippen LogP contribution in [0.2, 0.25) is 0 Å². The molecule has 1 N–H and O–H groups in total. The summed E-state index contributed by atoms with van der Waals surface area (Å²) in [5.74, 6) is 0.941. The molecule has 0 atom stereocenters. The van der Waals surface area contributed by atoms with E-state index in [2.05, 4.69) is 19.2 Å². The molecular weight excluding hydrogens is 214 g/mol. The minimum Gasteiger partial charge on any atom is -0.381 e. The highest BCUT2D eigenvalue weighted by Crippen LogP contribution is 2.06. The number of rotatable bonds is 11. The molecule has 0 bridgehead atoms. The van der Waals surface area contributed by atoms with Gasteiger partial charge in [-0.3, -0.25) is 4.79 Å². The Labute approximate surface area is 106 Å². The maximum absolute atomic E-state index is 10.9. The Bertz CT molecular complexity index is 181. The van der Waals surface area contributed by atoms with Crippen molar-refractivity contribution in [3.05, 3.63) is 0 Å². The molecule has 0 radical (unpaired) electrons. The minimum absolute atomic E-state index is 0.139. The van der Waals surface area contributed by atoms with Gasteiger partial charge in [0.1, 0.15) is 0 Å². The Morgan fingerprint density at radius 2 is 1.76 bits per heavy atom. The Kier molecular flexibility index (Phi) is 11.5. The molecule has 0 saturated heterocycles. The molecule has 0 spiro atoms. The zero-order chi connectivity index (χ0) is 12.9. The van der Waals surface area contributed by atoms with Crippen molar-refractivity contribution in [1.29, 1.82) is 0 Å². The molecule has 0 saturated carbocycles. The number of unbranched alkanes of at least 4 members (excludes halogenated alkanes) is 2. The van der Waals surface area contributed by atoms with E-state index in [1.54, 1.807) is 0 Å². The van der Waals surface area contributed by atoms with Crippen molar-refractivity contribution in [3.8, 4) is 0 Å². The number of amides is 1. The number of carbonyl (C=O) groups excluding carboxylic acids is 1. The van der Waals surface area contributed by atoms with Crippen LogP contribution in [-0.4, -0.2) is 25.7 Å². The maximum Gasteiger partial charge on any atom is 0.219 e. The van der Waals surface area contributed by atoms with E-state index in [1.165, 1.54) is 19.3 Å². The summed E-state index contributed by atoms with van der Waals surface area (Å²) < 4.78 is 5.54. The predicted molar refractivity (Wildman–Crippen MR) is 72.0 cm³/mol. The summed E-state index contributed by atoms with van der Waals surface area (Å²) in [6, 6.07) is 0. The first kappa shape index (κ1) is 16.4. The first-order valence-electron chi connectivity index (χ1n) is 7.01. The Balaban J connectivity index is 3.01. The molecule has 0 heterocycles. The molecule has 0 aliphatic heterocycles. The summed E-state index contributed by atoms with van der Waals surface area (Å²) in [6.45, 7) is 8.87. The number of hydrogen-bond donors (Lipinski definition) is 1. The molecule has 0 aromatic rings. The van der Waals surface area contributed by atoms with Gasteiger partial charge < -0.3 is 10.1 Å². The summed E-state index contributed by atoms with van der Waals surface area (Å²) in [7, 11) is 0. The first-order chi connectivity index (χ1) is 8.16. The van der Waals surface area contributed by atoms with Crippen molar-refractivity contribution >= 4 is 5.91 Å². The van der Waals surface area contributed by atoms with Gasteiger partial charge in [-0.25, -0.2) is 0 Å². The fourth-order valence-corrected chi connectivity index (χ4v) is 1.54. The monoisotopic (exact) mass is 243 g/mol. The van der Waals surface area contributed by atoms with Gasteiger partial charge in [-0.1, -0.05) is 33.6 Å². The SMILES string of the molecule is CCC(=O)NCCCCOCCCCC(C)C. The molecule has 0 rings (SSSR count). The lowest BCUT2D eigenvalue weighted by molar-refractivity contribution is -0.120. The van der Waals surface area contributed by atoms with E-state index in [0.29, 0.717) is 6.42 Å². The van der Waals surface area contributed by atoms with E-state index in [1.807, 2.05) is 6.92 Å². The van der Waals surface area contributed by atoms with Crippen LogP contribution in [0.1, 0.15) is 59.3 Å². The van der Waals surface area contributed by atoms with Crippen molar-refractivity contribution < 1.29 is 9.53 Å². The molecule has 102 valence electrons. The minimum atomic E-state index is 0.139. The highest BCUT2D eigenvalue weighted by atomic mass is 16.5. The summed E-state index contributed by atoms with van der Waals surface area (Å²) in [4.78, 5) is 10.9. The third-order valence-electron chi connectivity index (χ3n) is 2.68. The molecule has 0 unspecified atom stereocenters. The fourth-order valence-electron chi connectivity index (χ4n) is 1.54. The summed E-state index contributed by atoms with van der Waals surface area (Å²) in [6.07, 6.45) is 6.36. The summed E-state index contributed by atoms with van der Waals surface area (Å²) >= 11 is 0. The van der Waals surface area contributed by atoms with Crippen LogP contribution < -0.4 is 5.32 Å². The summed E-state index contributed by atoms with van der Waals surface area (Å²) in [5.41, 5.74) is 0. The van der Waals surface area contributed by atoms with Crippen LogP contribution in [-0.2, 0) is 9.53 Å². The van der Waals surface area contributed by atoms with Crippen LogP contribution >= 0.6 is 0 Å². The molecule has 0 aliphatic carbocycles. The van der Waals surface area contributed by atoms with Gasteiger partial charge in [-0.15, -0.1) is 0 Å². The van der Waals surface area contributed by atoms with Gasteiger partial charge in [0.25, 0.3) is 0 Å². The van der Waals surface area contributed by atoms with Crippen LogP contribution in [0.3, 0.4) is 0 Å². The number of carbonyl (C=O) groups is 1. The Morgan fingerprint density at radius 3 is 2.35 bits per heavy atom. The number of nitrogens with one attached hydrogen (secondary N) is 1. The van der Waals surface area contributed by atoms with Crippen LogP contribution in [0.25, 0.3) is 0 Å². The highest BCUT2D eigenvalue weighted by molar-refractivity contribution is 5.75. The molecular formula is C14H29NO2. The van der Waals surface area contributed by atoms with Gasteiger partial charge >= 0.3 is 0 Å². The second-order valence-corrected chi connectivity index (χ2v) is 4.91. The van der Waals surface area contributed by atoms with Crippen LogP contribution in [0, 0.1) is 5.92 Å². The van der Waals surface area contributed by atoms with Crippen molar-refractivity contribution in [2.24, 2.45) is 5.92 Å². The molecule has 0 fully saturated rings. The first-order valence-corrected chi connectivity index (χ1v) is 7.01. The Hall–Kier alpha value is -0.570. The standard InChI is InChI=1S/C14H29NO2/c1-4-14(16)15-10-6-8-12-17-11-7-5-9-13(2)3/h13H,4-12H2,1-3H3,(H,15,16). The maximum atomic E-state index is 10.9. The third kappa shape index (κ3) is 13.4. The van der Waals surface area contributed by atoms with Crippen LogP contribution in [0.5, 0.6) is 0 Å². The van der Waals surface area contributed by atoms with Gasteiger partial charge in [-0.05, 0) is 25.2 Å². The average molecular weight is 243 g/mol. The molecule has 3 nitrogen and oxygen atoms in total. The highest BCUT2D eigenvalue weighted by Gasteiger charge is 1.96. The van der Waals surface area contributed by atoms with E-state index in [9.17, 15) is 4.79 Å². The average Bonchev–Trinajstić information content (AvgIpc) is 2.30. The van der Waals surface area contributed by atoms with E-state index < -0.39 is 0 Å². The molecule has 0 aromatic carbocycles. The molecule has 3 heteroatoms.